The van der Waals surface area contributed by atoms with Crippen molar-refractivity contribution in [2.24, 2.45) is 16.7 Å². The molecule has 0 aromatic heterocycles. The van der Waals surface area contributed by atoms with E-state index in [9.17, 15) is 44.5 Å². The molecule has 17 heteroatoms. The van der Waals surface area contributed by atoms with Gasteiger partial charge in [-0.25, -0.2) is 4.79 Å². The van der Waals surface area contributed by atoms with Crippen LogP contribution >= 0.6 is 17.2 Å². The number of cyclic esters (lactones) is 1. The molecule has 0 fully saturated rings. The molecule has 1 heterocycles. The Labute approximate surface area is 427 Å². The molecule has 0 amide bonds. The number of ketones is 3. The van der Waals surface area contributed by atoms with E-state index in [4.69, 9.17) is 27.4 Å². The molecule has 6 unspecified atom stereocenters. The Morgan fingerprint density at radius 2 is 1.18 bits per heavy atom. The number of esters is 1. The van der Waals surface area contributed by atoms with Crippen LogP contribution in [0.2, 0.25) is 0 Å². The summed E-state index contributed by atoms with van der Waals surface area (Å²) in [5.41, 5.74) is 6.18. The molecule has 5 N–H and O–H groups in total. The monoisotopic (exact) mass is 1040 g/mol. The van der Waals surface area contributed by atoms with Gasteiger partial charge in [-0.05, 0) is 93.9 Å². The third-order valence-electron chi connectivity index (χ3n) is 12.2. The predicted molar refractivity (Wildman–Crippen MR) is 281 cm³/mol. The van der Waals surface area contributed by atoms with Crippen LogP contribution in [0.3, 0.4) is 0 Å². The summed E-state index contributed by atoms with van der Waals surface area (Å²) in [6.45, 7) is 22.4. The van der Waals surface area contributed by atoms with Crippen molar-refractivity contribution in [3.63, 3.8) is 0 Å². The minimum atomic E-state index is -2.39. The number of hydrogen-bond donors (Lipinski definition) is 5. The molecule has 0 saturated heterocycles. The summed E-state index contributed by atoms with van der Waals surface area (Å²) in [6, 6.07) is 0. The molecule has 6 atom stereocenters. The summed E-state index contributed by atoms with van der Waals surface area (Å²) < 4.78 is 33.0. The zero-order valence-corrected chi connectivity index (χ0v) is 45.6. The number of Topliss-reactive ketones (excluding diaryl/α,β-unsaturated/α-hetero) is 3. The Hall–Kier alpha value is -5.08. The number of rotatable bonds is 25. The van der Waals surface area contributed by atoms with Crippen LogP contribution in [0.25, 0.3) is 0 Å². The van der Waals surface area contributed by atoms with Crippen LogP contribution in [-0.4, -0.2) is 87.3 Å². The Morgan fingerprint density at radius 3 is 1.62 bits per heavy atom. The van der Waals surface area contributed by atoms with Crippen LogP contribution in [0.1, 0.15) is 109 Å². The second-order valence-corrected chi connectivity index (χ2v) is 21.5. The van der Waals surface area contributed by atoms with Crippen molar-refractivity contribution in [2.75, 3.05) is 20.3 Å². The molecule has 1 aliphatic heterocycles. The summed E-state index contributed by atoms with van der Waals surface area (Å²) in [6.07, 6.45) is 26.1. The highest BCUT2D eigenvalue weighted by atomic mass is 31.2. The normalized spacial score (nSPS) is 23.5. The number of ether oxygens (including phenoxy) is 1. The Balaban J connectivity index is 1.51. The summed E-state index contributed by atoms with van der Waals surface area (Å²) in [4.78, 5) is 60.0. The second kappa shape index (κ2) is 28.4. The van der Waals surface area contributed by atoms with Crippen molar-refractivity contribution in [2.45, 2.75) is 127 Å². The maximum atomic E-state index is 13.4. The molecule has 0 bridgehead atoms. The number of allylic oxidation sites excluding steroid dienone is 22. The quantitative estimate of drug-likeness (QED) is 0.0188. The van der Waals surface area contributed by atoms with Crippen LogP contribution in [0.4, 0.5) is 0 Å². The first-order valence-corrected chi connectivity index (χ1v) is 25.9. The molecular formula is C55H74O15P2. The first-order valence-electron chi connectivity index (χ1n) is 23.7. The van der Waals surface area contributed by atoms with Gasteiger partial charge in [0.1, 0.15) is 18.0 Å². The van der Waals surface area contributed by atoms with Gasteiger partial charge in [-0.3, -0.25) is 14.4 Å². The lowest BCUT2D eigenvalue weighted by atomic mass is 9.71. The van der Waals surface area contributed by atoms with Crippen LogP contribution in [0, 0.1) is 16.7 Å². The summed E-state index contributed by atoms with van der Waals surface area (Å²) in [5, 5.41) is 39.1. The van der Waals surface area contributed by atoms with Crippen LogP contribution in [0.15, 0.2) is 153 Å². The summed E-state index contributed by atoms with van der Waals surface area (Å²) >= 11 is 0. The lowest BCUT2D eigenvalue weighted by molar-refractivity contribution is -0.142. The molecule has 394 valence electrons. The van der Waals surface area contributed by atoms with E-state index in [-0.39, 0.29) is 37.6 Å². The number of aliphatic hydroxyl groups excluding tert-OH is 4. The highest BCUT2D eigenvalue weighted by molar-refractivity contribution is 7.41. The van der Waals surface area contributed by atoms with Crippen molar-refractivity contribution in [1.82, 2.24) is 0 Å². The lowest BCUT2D eigenvalue weighted by Crippen LogP contribution is -2.37. The molecule has 0 aromatic carbocycles. The number of hydrogen-bond acceptors (Lipinski definition) is 15. The Bertz CT molecular complexity index is 2430. The van der Waals surface area contributed by atoms with Crippen molar-refractivity contribution in [1.29, 1.82) is 0 Å². The molecule has 0 spiro atoms. The second-order valence-electron chi connectivity index (χ2n) is 19.3. The molecule has 72 heavy (non-hydrogen) atoms. The van der Waals surface area contributed by atoms with E-state index in [1.807, 2.05) is 127 Å². The smallest absolute Gasteiger partial charge is 0.377 e. The van der Waals surface area contributed by atoms with Gasteiger partial charge in [0.2, 0.25) is 5.76 Å². The number of aliphatic hydroxyl groups is 4. The molecule has 3 rings (SSSR count). The fraction of sp³-hybridized carbons (Fsp3) is 0.455. The standard InChI is InChI=1S/C55H74O15P2/c1-34(20-16-22-36(3)24-26-42-39(6)48(58)45(32-54(42,9)10)69-71(64)66-30-28-38(5)47(57)50(60)41(8)56)18-14-15-19-35(2)21-17-23-37(4)25-27-43-40(7)49(59)46(33-55(43,11)12)70-72(65-13)67-31-29-44-51(61)52(62)53(63)68-44/h14-27,38,44-46,57,60-62,64H,28-33H2,1-13H3/b15-14+,20-16+,21-17+,26-24+,27-25+,34-18+,35-19+,36-22+,37-23+,50-47-. The summed E-state index contributed by atoms with van der Waals surface area (Å²) in [7, 11) is -2.90. The van der Waals surface area contributed by atoms with Crippen LogP contribution in [0.5, 0.6) is 0 Å². The third kappa shape index (κ3) is 18.4. The molecule has 2 aliphatic carbocycles. The molecule has 0 saturated carbocycles. The molecule has 15 nitrogen and oxygen atoms in total. The van der Waals surface area contributed by atoms with E-state index in [0.717, 1.165) is 40.4 Å². The Kier molecular flexibility index (Phi) is 24.1. The van der Waals surface area contributed by atoms with Crippen molar-refractivity contribution >= 4 is 40.5 Å². The number of carbonyl (C=O) groups is 4. The average molecular weight is 1040 g/mol. The SMILES string of the molecule is COP(OCCC1OC(=O)C(O)=C1O)OC1CC(C)(C)C(/C=C/C(C)=C/C=C/C(C)=C/C=C/C=C(C)/C=C/C=C(C)/C=C/C2=C(C)C(=O)C(OP(O)OCCC(C)/C(O)=C(/O)C(C)=O)CC2(C)C)=C(C)C1=O. The highest BCUT2D eigenvalue weighted by Crippen LogP contribution is 2.48. The molecule has 0 radical (unpaired) electrons. The zero-order chi connectivity index (χ0) is 54.1. The minimum Gasteiger partial charge on any atom is -0.508 e. The maximum absolute atomic E-state index is 13.4. The highest BCUT2D eigenvalue weighted by Gasteiger charge is 2.42. The van der Waals surface area contributed by atoms with Gasteiger partial charge < -0.3 is 52.7 Å². The zero-order valence-electron chi connectivity index (χ0n) is 43.8. The van der Waals surface area contributed by atoms with Crippen LogP contribution < -0.4 is 0 Å². The van der Waals surface area contributed by atoms with Crippen molar-refractivity contribution in [3.05, 3.63) is 153 Å². The summed E-state index contributed by atoms with van der Waals surface area (Å²) in [5.74, 6) is -5.14. The minimum absolute atomic E-state index is 0.0129. The van der Waals surface area contributed by atoms with Gasteiger partial charge in [-0.1, -0.05) is 142 Å². The van der Waals surface area contributed by atoms with E-state index in [0.29, 0.717) is 24.0 Å². The van der Waals surface area contributed by atoms with Gasteiger partial charge in [0.05, 0.1) is 13.2 Å². The maximum Gasteiger partial charge on any atom is 0.377 e. The first kappa shape index (κ1) is 61.2. The van der Waals surface area contributed by atoms with Gasteiger partial charge in [0.25, 0.3) is 0 Å². The topological polar surface area (TPSA) is 225 Å². The van der Waals surface area contributed by atoms with Gasteiger partial charge in [-0.15, -0.1) is 0 Å². The van der Waals surface area contributed by atoms with Crippen molar-refractivity contribution < 1.29 is 71.9 Å². The van der Waals surface area contributed by atoms with E-state index in [1.54, 1.807) is 20.8 Å². The molecule has 0 aromatic rings. The van der Waals surface area contributed by atoms with Gasteiger partial charge in [0, 0.05) is 26.4 Å². The lowest BCUT2D eigenvalue weighted by Gasteiger charge is -2.37. The van der Waals surface area contributed by atoms with E-state index < -0.39 is 87.1 Å². The van der Waals surface area contributed by atoms with Crippen molar-refractivity contribution in [3.8, 4) is 0 Å². The fourth-order valence-electron chi connectivity index (χ4n) is 7.89. The van der Waals surface area contributed by atoms with Gasteiger partial charge in [-0.2, -0.15) is 0 Å². The largest absolute Gasteiger partial charge is 0.508 e. The predicted octanol–water partition coefficient (Wildman–Crippen LogP) is 12.7. The van der Waals surface area contributed by atoms with Gasteiger partial charge >= 0.3 is 23.2 Å². The number of carbonyl (C=O) groups excluding carboxylic acids is 4. The van der Waals surface area contributed by atoms with E-state index in [1.165, 1.54) is 7.11 Å². The van der Waals surface area contributed by atoms with Gasteiger partial charge in [0.15, 0.2) is 35.0 Å². The van der Waals surface area contributed by atoms with E-state index >= 15 is 0 Å². The fourth-order valence-corrected chi connectivity index (χ4v) is 9.49. The van der Waals surface area contributed by atoms with E-state index in [2.05, 4.69) is 13.8 Å². The van der Waals surface area contributed by atoms with Crippen LogP contribution in [-0.2, 0) is 46.5 Å². The Morgan fingerprint density at radius 1 is 0.722 bits per heavy atom. The average Bonchev–Trinajstić information content (AvgIpc) is 3.55. The third-order valence-corrected chi connectivity index (χ3v) is 14.2. The molecular weight excluding hydrogens is 963 g/mol. The first-order chi connectivity index (χ1) is 33.7. The molecule has 3 aliphatic rings.